The summed E-state index contributed by atoms with van der Waals surface area (Å²) in [6.45, 7) is 4.45. The fraction of sp³-hybridized carbons (Fsp3) is 0.214. The topological polar surface area (TPSA) is 0 Å². The molecule has 0 aromatic carbocycles. The molecule has 0 aromatic heterocycles. The number of halogens is 3. The van der Waals surface area contributed by atoms with E-state index in [1.165, 1.54) is 20.6 Å². The smallest absolute Gasteiger partial charge is 1.00 e. The van der Waals surface area contributed by atoms with Gasteiger partial charge in [-0.15, -0.1) is 39.8 Å². The molecule has 0 radical (unpaired) electrons. The molecule has 3 rings (SSSR count). The molecule has 2 aliphatic carbocycles. The quantitative estimate of drug-likeness (QED) is 0.467. The van der Waals surface area contributed by atoms with E-state index >= 15 is 0 Å². The molecule has 0 amide bonds. The van der Waals surface area contributed by atoms with Gasteiger partial charge in [0.2, 0.25) is 0 Å². The standard InChI is InChI=1S/C9H9BrP.C5H5.2ClH.Zr/c1-6-3-7-5-9(10)11(2)8(7)4-6;1-2-4-5-3-1;;;/h3-5H,1-2H3;1-3H,4H2;2*1H;/q2*-1;;;+4/p-2. The Morgan fingerprint density at radius 3 is 2.42 bits per heavy atom. The van der Waals surface area contributed by atoms with E-state index in [9.17, 15) is 0 Å². The summed E-state index contributed by atoms with van der Waals surface area (Å²) < 4.78 is 1.37. The van der Waals surface area contributed by atoms with Crippen LogP contribution in [-0.2, 0) is 32.9 Å². The maximum absolute atomic E-state index is 3.58. The van der Waals surface area contributed by atoms with Gasteiger partial charge in [-0.05, 0) is 13.6 Å². The number of aryl methyl sites for hydroxylation is 1. The maximum Gasteiger partial charge on any atom is 4.00 e. The summed E-state index contributed by atoms with van der Waals surface area (Å²) in [5.74, 6) is 0. The van der Waals surface area contributed by atoms with Crippen LogP contribution in [-0.4, -0.2) is 0 Å². The second-order valence-electron chi connectivity index (χ2n) is 3.90. The van der Waals surface area contributed by atoms with Crippen LogP contribution in [0.2, 0.25) is 0 Å². The van der Waals surface area contributed by atoms with Crippen LogP contribution in [0.15, 0.2) is 40.6 Å². The van der Waals surface area contributed by atoms with Crippen molar-refractivity contribution in [2.75, 3.05) is 0 Å². The van der Waals surface area contributed by atoms with Gasteiger partial charge < -0.3 is 24.8 Å². The summed E-state index contributed by atoms with van der Waals surface area (Å²) in [5, 5.41) is 1.53. The number of hydrogen-bond acceptors (Lipinski definition) is 0. The van der Waals surface area contributed by atoms with Gasteiger partial charge in [0.25, 0.3) is 0 Å². The SMILES string of the molecule is Cc1cc2c[c-](Br)p(C)c-2c1.[C-]1=CC=CC1.[Cl-].[Cl-].[Zr+4]. The van der Waals surface area contributed by atoms with Gasteiger partial charge in [0.1, 0.15) is 0 Å². The zero-order valence-electron chi connectivity index (χ0n) is 10.8. The molecule has 5 heteroatoms. The third-order valence-electron chi connectivity index (χ3n) is 2.59. The summed E-state index contributed by atoms with van der Waals surface area (Å²) in [4.78, 5) is 0. The predicted molar refractivity (Wildman–Crippen MR) is 76.4 cm³/mol. The van der Waals surface area contributed by atoms with Crippen LogP contribution < -0.4 is 24.8 Å². The van der Waals surface area contributed by atoms with Gasteiger partial charge in [0.15, 0.2) is 0 Å². The minimum absolute atomic E-state index is 0. The molecule has 100 valence electrons. The molecule has 0 nitrogen and oxygen atoms in total. The first-order valence-corrected chi connectivity index (χ1v) is 7.86. The average Bonchev–Trinajstić information content (AvgIpc) is 2.92. The molecule has 0 saturated heterocycles. The zero-order chi connectivity index (χ0) is 11.5. The largest absolute Gasteiger partial charge is 4.00 e. The van der Waals surface area contributed by atoms with Crippen LogP contribution >= 0.6 is 23.5 Å². The van der Waals surface area contributed by atoms with Crippen molar-refractivity contribution >= 4 is 23.5 Å². The van der Waals surface area contributed by atoms with Crippen molar-refractivity contribution in [2.24, 2.45) is 6.66 Å². The Morgan fingerprint density at radius 2 is 2.00 bits per heavy atom. The van der Waals surface area contributed by atoms with Gasteiger partial charge in [-0.1, -0.05) is 9.77 Å². The van der Waals surface area contributed by atoms with E-state index in [4.69, 9.17) is 0 Å². The van der Waals surface area contributed by atoms with E-state index in [1.807, 2.05) is 12.2 Å². The molecular formula is C14H14BrCl2PZr. The van der Waals surface area contributed by atoms with Crippen LogP contribution in [0.25, 0.3) is 10.9 Å². The molecule has 0 saturated carbocycles. The zero-order valence-corrected chi connectivity index (χ0v) is 17.2. The summed E-state index contributed by atoms with van der Waals surface area (Å²) in [7, 11) is -0.0435. The van der Waals surface area contributed by atoms with E-state index in [0.717, 1.165) is 6.42 Å². The average molecular weight is 455 g/mol. The van der Waals surface area contributed by atoms with Gasteiger partial charge in [0.05, 0.1) is 0 Å². The molecule has 0 N–H and O–H groups in total. The molecule has 1 heterocycles. The molecule has 0 spiro atoms. The van der Waals surface area contributed by atoms with Gasteiger partial charge in [-0.3, -0.25) is 6.08 Å². The monoisotopic (exact) mass is 452 g/mol. The molecule has 1 aliphatic heterocycles. The van der Waals surface area contributed by atoms with Crippen LogP contribution in [0, 0.1) is 13.0 Å². The minimum atomic E-state index is -0.0435. The van der Waals surface area contributed by atoms with E-state index in [-0.39, 0.29) is 58.6 Å². The molecule has 1 atom stereocenters. The van der Waals surface area contributed by atoms with Crippen molar-refractivity contribution in [1.29, 1.82) is 0 Å². The summed E-state index contributed by atoms with van der Waals surface area (Å²) >= 11 is 3.58. The van der Waals surface area contributed by atoms with Crippen molar-refractivity contribution in [2.45, 2.75) is 13.3 Å². The van der Waals surface area contributed by atoms with E-state index < -0.39 is 0 Å². The Labute approximate surface area is 156 Å². The van der Waals surface area contributed by atoms with Crippen molar-refractivity contribution in [3.8, 4) is 10.9 Å². The molecule has 19 heavy (non-hydrogen) atoms. The molecule has 0 fully saturated rings. The molecule has 1 unspecified atom stereocenters. The summed E-state index contributed by atoms with van der Waals surface area (Å²) in [6, 6.07) is 6.79. The first-order chi connectivity index (χ1) is 7.68. The van der Waals surface area contributed by atoms with E-state index in [0.29, 0.717) is 0 Å². The minimum Gasteiger partial charge on any atom is -1.00 e. The van der Waals surface area contributed by atoms with Crippen LogP contribution in [0.4, 0.5) is 0 Å². The van der Waals surface area contributed by atoms with Gasteiger partial charge in [-0.2, -0.15) is 17.7 Å². The third kappa shape index (κ3) is 5.98. The van der Waals surface area contributed by atoms with Crippen LogP contribution in [0.5, 0.6) is 0 Å². The number of hydrogen-bond donors (Lipinski definition) is 0. The molecule has 3 aliphatic rings. The Kier molecular flexibility index (Phi) is 12.2. The van der Waals surface area contributed by atoms with Crippen LogP contribution in [0.3, 0.4) is 0 Å². The van der Waals surface area contributed by atoms with Gasteiger partial charge in [0, 0.05) is 0 Å². The van der Waals surface area contributed by atoms with Crippen molar-refractivity contribution in [1.82, 2.24) is 0 Å². The summed E-state index contributed by atoms with van der Waals surface area (Å²) in [5.41, 5.74) is 2.81. The second-order valence-corrected chi connectivity index (χ2v) is 7.45. The molecular weight excluding hydrogens is 441 g/mol. The Balaban J connectivity index is 0. The predicted octanol–water partition coefficient (Wildman–Crippen LogP) is -0.584. The van der Waals surface area contributed by atoms with E-state index in [1.54, 1.807) is 0 Å². The fourth-order valence-electron chi connectivity index (χ4n) is 1.75. The molecule has 0 aromatic rings. The summed E-state index contributed by atoms with van der Waals surface area (Å²) in [6.07, 6.45) is 10.0. The number of rotatable bonds is 0. The Morgan fingerprint density at radius 1 is 1.32 bits per heavy atom. The van der Waals surface area contributed by atoms with Crippen molar-refractivity contribution in [3.05, 3.63) is 52.3 Å². The Bertz CT molecular complexity index is 504. The normalized spacial score (nSPS) is 12.1. The van der Waals surface area contributed by atoms with Gasteiger partial charge >= 0.3 is 26.2 Å². The van der Waals surface area contributed by atoms with Crippen molar-refractivity contribution < 1.29 is 51.0 Å². The fourth-order valence-corrected chi connectivity index (χ4v) is 4.04. The number of fused-ring (bicyclic) bond motifs is 1. The Hall–Kier alpha value is 0.813. The van der Waals surface area contributed by atoms with Crippen molar-refractivity contribution in [3.63, 3.8) is 0 Å². The third-order valence-corrected chi connectivity index (χ3v) is 6.29. The van der Waals surface area contributed by atoms with Crippen LogP contribution in [0.1, 0.15) is 12.0 Å². The second kappa shape index (κ2) is 10.5. The maximum atomic E-state index is 3.58. The van der Waals surface area contributed by atoms with Gasteiger partial charge in [-0.25, -0.2) is 19.7 Å². The van der Waals surface area contributed by atoms with E-state index in [2.05, 4.69) is 59.9 Å². The number of allylic oxidation sites excluding steroid dienone is 4. The first kappa shape index (κ1) is 22.1. The first-order valence-electron chi connectivity index (χ1n) is 5.28. The molecule has 0 bridgehead atoms.